The van der Waals surface area contributed by atoms with Gasteiger partial charge in [0.15, 0.2) is 0 Å². The Morgan fingerprint density at radius 2 is 2.31 bits per heavy atom. The highest BCUT2D eigenvalue weighted by Crippen LogP contribution is 2.10. The third kappa shape index (κ3) is 3.66. The van der Waals surface area contributed by atoms with E-state index in [0.717, 1.165) is 37.3 Å². The maximum Gasteiger partial charge on any atom is 0.0928 e. The Balaban J connectivity index is 1.59. The van der Waals surface area contributed by atoms with Gasteiger partial charge in [-0.05, 0) is 19.9 Å². The smallest absolute Gasteiger partial charge is 0.0928 e. The first-order valence-corrected chi connectivity index (χ1v) is 7.15. The van der Waals surface area contributed by atoms with Crippen LogP contribution in [0.3, 0.4) is 0 Å². The van der Waals surface area contributed by atoms with Gasteiger partial charge >= 0.3 is 0 Å². The maximum atomic E-state index is 4.44. The summed E-state index contributed by atoms with van der Waals surface area (Å²) < 4.78 is 0. The highest BCUT2D eigenvalue weighted by molar-refractivity contribution is 7.09. The summed E-state index contributed by atoms with van der Waals surface area (Å²) >= 11 is 3.40. The predicted molar refractivity (Wildman–Crippen MR) is 69.0 cm³/mol. The molecule has 3 nitrogen and oxygen atoms in total. The molecule has 0 bridgehead atoms. The molecule has 0 radical (unpaired) electrons. The van der Waals surface area contributed by atoms with E-state index in [0.29, 0.717) is 0 Å². The molecule has 0 saturated carbocycles. The van der Waals surface area contributed by atoms with Crippen molar-refractivity contribution in [3.05, 3.63) is 32.7 Å². The van der Waals surface area contributed by atoms with Gasteiger partial charge in [0, 0.05) is 29.4 Å². The van der Waals surface area contributed by atoms with Crippen molar-refractivity contribution in [3.8, 4) is 0 Å². The van der Waals surface area contributed by atoms with E-state index in [1.165, 1.54) is 5.01 Å². The lowest BCUT2D eigenvalue weighted by Gasteiger charge is -2.00. The quantitative estimate of drug-likeness (QED) is 0.804. The predicted octanol–water partition coefficient (Wildman–Crippen LogP) is 2.63. The van der Waals surface area contributed by atoms with E-state index in [1.54, 1.807) is 22.7 Å². The van der Waals surface area contributed by atoms with Crippen molar-refractivity contribution in [1.29, 1.82) is 0 Å². The molecule has 86 valence electrons. The van der Waals surface area contributed by atoms with E-state index >= 15 is 0 Å². The first-order chi connectivity index (χ1) is 7.84. The minimum absolute atomic E-state index is 0.875. The summed E-state index contributed by atoms with van der Waals surface area (Å²) in [7, 11) is 0. The van der Waals surface area contributed by atoms with Crippen molar-refractivity contribution >= 4 is 22.7 Å². The van der Waals surface area contributed by atoms with Crippen LogP contribution < -0.4 is 5.32 Å². The molecule has 2 heterocycles. The van der Waals surface area contributed by atoms with Gasteiger partial charge in [-0.25, -0.2) is 9.97 Å². The van der Waals surface area contributed by atoms with Crippen molar-refractivity contribution in [2.24, 2.45) is 0 Å². The minimum atomic E-state index is 0.875. The Labute approximate surface area is 104 Å². The van der Waals surface area contributed by atoms with E-state index in [-0.39, 0.29) is 0 Å². The van der Waals surface area contributed by atoms with Crippen molar-refractivity contribution in [2.45, 2.75) is 26.3 Å². The standard InChI is InChI=1S/C11H15N3S2/c1-9-6-16-11(14-9)3-2-4-12-5-10-7-15-8-13-10/h6-8,12H,2-5H2,1H3. The number of nitrogens with one attached hydrogen (secondary N) is 1. The summed E-state index contributed by atoms with van der Waals surface area (Å²) in [6, 6.07) is 0. The maximum absolute atomic E-state index is 4.44. The average Bonchev–Trinajstić information content (AvgIpc) is 2.89. The lowest BCUT2D eigenvalue weighted by atomic mass is 10.3. The Hall–Kier alpha value is -0.780. The molecule has 0 saturated heterocycles. The molecule has 0 aliphatic heterocycles. The SMILES string of the molecule is Cc1csc(CCCNCc2cscn2)n1. The van der Waals surface area contributed by atoms with Gasteiger partial charge in [-0.1, -0.05) is 0 Å². The van der Waals surface area contributed by atoms with Gasteiger partial charge < -0.3 is 5.32 Å². The Bertz CT molecular complexity index is 409. The number of nitrogens with zero attached hydrogens (tertiary/aromatic N) is 2. The van der Waals surface area contributed by atoms with Crippen molar-refractivity contribution in [1.82, 2.24) is 15.3 Å². The Morgan fingerprint density at radius 3 is 3.00 bits per heavy atom. The number of hydrogen-bond donors (Lipinski definition) is 1. The second-order valence-corrected chi connectivity index (χ2v) is 5.30. The third-order valence-electron chi connectivity index (χ3n) is 2.20. The zero-order valence-electron chi connectivity index (χ0n) is 9.27. The van der Waals surface area contributed by atoms with Gasteiger partial charge in [0.1, 0.15) is 0 Å². The van der Waals surface area contributed by atoms with Crippen molar-refractivity contribution in [3.63, 3.8) is 0 Å². The molecule has 0 unspecified atom stereocenters. The molecule has 0 spiro atoms. The molecule has 0 fully saturated rings. The molecular formula is C11H15N3S2. The molecule has 2 rings (SSSR count). The Morgan fingerprint density at radius 1 is 1.38 bits per heavy atom. The van der Waals surface area contributed by atoms with Crippen molar-refractivity contribution < 1.29 is 0 Å². The average molecular weight is 253 g/mol. The number of thiazole rings is 2. The molecule has 2 aromatic heterocycles. The molecule has 0 aliphatic carbocycles. The van der Waals surface area contributed by atoms with E-state index in [1.807, 2.05) is 12.4 Å². The van der Waals surface area contributed by atoms with Crippen LogP contribution in [0.15, 0.2) is 16.3 Å². The zero-order chi connectivity index (χ0) is 11.2. The summed E-state index contributed by atoms with van der Waals surface area (Å²) in [6.45, 7) is 3.94. The molecule has 0 amide bonds. The van der Waals surface area contributed by atoms with Crippen LogP contribution in [0.1, 0.15) is 22.8 Å². The second-order valence-electron chi connectivity index (χ2n) is 3.64. The monoisotopic (exact) mass is 253 g/mol. The van der Waals surface area contributed by atoms with E-state index in [9.17, 15) is 0 Å². The van der Waals surface area contributed by atoms with Crippen LogP contribution in [0.5, 0.6) is 0 Å². The topological polar surface area (TPSA) is 37.8 Å². The fourth-order valence-corrected chi connectivity index (χ4v) is 2.80. The van der Waals surface area contributed by atoms with Crippen LogP contribution in [-0.2, 0) is 13.0 Å². The van der Waals surface area contributed by atoms with Crippen LogP contribution in [0.2, 0.25) is 0 Å². The van der Waals surface area contributed by atoms with Crippen LogP contribution >= 0.6 is 22.7 Å². The van der Waals surface area contributed by atoms with Gasteiger partial charge in [0.05, 0.1) is 16.2 Å². The number of aryl methyl sites for hydroxylation is 2. The van der Waals surface area contributed by atoms with Gasteiger partial charge in [0.25, 0.3) is 0 Å². The van der Waals surface area contributed by atoms with Crippen LogP contribution in [-0.4, -0.2) is 16.5 Å². The fourth-order valence-electron chi connectivity index (χ4n) is 1.42. The van der Waals surface area contributed by atoms with Gasteiger partial charge in [-0.3, -0.25) is 0 Å². The van der Waals surface area contributed by atoms with Gasteiger partial charge in [-0.15, -0.1) is 22.7 Å². The van der Waals surface area contributed by atoms with Crippen LogP contribution in [0.25, 0.3) is 0 Å². The Kier molecular flexibility index (Phi) is 4.44. The summed E-state index contributed by atoms with van der Waals surface area (Å²) in [5.41, 5.74) is 4.14. The van der Waals surface area contributed by atoms with E-state index in [4.69, 9.17) is 0 Å². The summed E-state index contributed by atoms with van der Waals surface area (Å²) in [5.74, 6) is 0. The lowest BCUT2D eigenvalue weighted by molar-refractivity contribution is 0.641. The fraction of sp³-hybridized carbons (Fsp3) is 0.455. The highest BCUT2D eigenvalue weighted by Gasteiger charge is 1.98. The minimum Gasteiger partial charge on any atom is -0.311 e. The summed E-state index contributed by atoms with van der Waals surface area (Å²) in [6.07, 6.45) is 2.21. The molecule has 2 aromatic rings. The van der Waals surface area contributed by atoms with Crippen LogP contribution in [0.4, 0.5) is 0 Å². The summed E-state index contributed by atoms with van der Waals surface area (Å²) in [5, 5.41) is 8.82. The largest absolute Gasteiger partial charge is 0.311 e. The first kappa shape index (κ1) is 11.7. The molecule has 16 heavy (non-hydrogen) atoms. The van der Waals surface area contributed by atoms with Gasteiger partial charge in [0.2, 0.25) is 0 Å². The molecular weight excluding hydrogens is 238 g/mol. The first-order valence-electron chi connectivity index (χ1n) is 5.33. The van der Waals surface area contributed by atoms with E-state index in [2.05, 4.69) is 26.0 Å². The number of rotatable bonds is 6. The number of hydrogen-bond acceptors (Lipinski definition) is 5. The van der Waals surface area contributed by atoms with E-state index < -0.39 is 0 Å². The van der Waals surface area contributed by atoms with Gasteiger partial charge in [-0.2, -0.15) is 0 Å². The van der Waals surface area contributed by atoms with Crippen LogP contribution in [0, 0.1) is 6.92 Å². The summed E-state index contributed by atoms with van der Waals surface area (Å²) in [4.78, 5) is 8.66. The zero-order valence-corrected chi connectivity index (χ0v) is 10.9. The normalized spacial score (nSPS) is 10.8. The number of aromatic nitrogens is 2. The molecule has 1 N–H and O–H groups in total. The lowest BCUT2D eigenvalue weighted by Crippen LogP contribution is -2.15. The highest BCUT2D eigenvalue weighted by atomic mass is 32.1. The second kappa shape index (κ2) is 6.08. The molecule has 0 aromatic carbocycles. The van der Waals surface area contributed by atoms with Crippen molar-refractivity contribution in [2.75, 3.05) is 6.54 Å². The molecule has 0 atom stereocenters. The molecule has 0 aliphatic rings. The third-order valence-corrected chi connectivity index (χ3v) is 3.86. The molecule has 5 heteroatoms.